The van der Waals surface area contributed by atoms with Gasteiger partial charge in [-0.15, -0.1) is 0 Å². The highest BCUT2D eigenvalue weighted by Gasteiger charge is 2.33. The van der Waals surface area contributed by atoms with E-state index in [0.717, 1.165) is 18.4 Å². The van der Waals surface area contributed by atoms with E-state index in [2.05, 4.69) is 19.9 Å². The molecule has 1 heterocycles. The summed E-state index contributed by atoms with van der Waals surface area (Å²) in [6.07, 6.45) is 5.97. The molecule has 1 aliphatic rings. The van der Waals surface area contributed by atoms with Crippen molar-refractivity contribution in [2.45, 2.75) is 52.6 Å². The van der Waals surface area contributed by atoms with Gasteiger partial charge < -0.3 is 20.1 Å². The molecule has 0 radical (unpaired) electrons. The molecular formula is C25H28O5. The van der Waals surface area contributed by atoms with E-state index >= 15 is 0 Å². The van der Waals surface area contributed by atoms with Crippen LogP contribution in [0.15, 0.2) is 53.6 Å². The lowest BCUT2D eigenvalue weighted by atomic mass is 9.92. The van der Waals surface area contributed by atoms with Gasteiger partial charge in [-0.1, -0.05) is 35.4 Å². The summed E-state index contributed by atoms with van der Waals surface area (Å²) in [5, 5.41) is 30.2. The van der Waals surface area contributed by atoms with E-state index in [1.54, 1.807) is 12.1 Å². The van der Waals surface area contributed by atoms with Gasteiger partial charge in [-0.25, -0.2) is 0 Å². The van der Waals surface area contributed by atoms with Gasteiger partial charge in [0.05, 0.1) is 6.42 Å². The molecule has 0 unspecified atom stereocenters. The molecule has 30 heavy (non-hydrogen) atoms. The second-order valence-corrected chi connectivity index (χ2v) is 8.00. The van der Waals surface area contributed by atoms with Gasteiger partial charge in [0, 0.05) is 11.6 Å². The number of carbonyl (C=O) groups excluding carboxylic acids is 1. The minimum Gasteiger partial charge on any atom is -0.508 e. The third-order valence-electron chi connectivity index (χ3n) is 5.26. The molecule has 0 aliphatic carbocycles. The summed E-state index contributed by atoms with van der Waals surface area (Å²) in [6, 6.07) is 7.70. The first kappa shape index (κ1) is 21.5. The summed E-state index contributed by atoms with van der Waals surface area (Å²) in [4.78, 5) is 12.8. The average molecular weight is 408 g/mol. The van der Waals surface area contributed by atoms with Crippen molar-refractivity contribution < 1.29 is 24.9 Å². The monoisotopic (exact) mass is 408 g/mol. The van der Waals surface area contributed by atoms with Crippen molar-refractivity contribution in [1.82, 2.24) is 0 Å². The fourth-order valence-electron chi connectivity index (χ4n) is 3.57. The van der Waals surface area contributed by atoms with Crippen LogP contribution in [0.1, 0.15) is 67.6 Å². The zero-order valence-electron chi connectivity index (χ0n) is 17.6. The Morgan fingerprint density at radius 1 is 1.07 bits per heavy atom. The molecule has 2 aromatic carbocycles. The van der Waals surface area contributed by atoms with Crippen LogP contribution in [-0.2, 0) is 6.42 Å². The van der Waals surface area contributed by atoms with Crippen LogP contribution in [0, 0.1) is 0 Å². The van der Waals surface area contributed by atoms with Gasteiger partial charge in [0.25, 0.3) is 0 Å². The first-order valence-corrected chi connectivity index (χ1v) is 10.1. The van der Waals surface area contributed by atoms with E-state index in [9.17, 15) is 20.1 Å². The highest BCUT2D eigenvalue weighted by Crippen LogP contribution is 2.45. The minimum atomic E-state index is -0.548. The van der Waals surface area contributed by atoms with Gasteiger partial charge in [-0.2, -0.15) is 0 Å². The van der Waals surface area contributed by atoms with Gasteiger partial charge in [-0.05, 0) is 57.7 Å². The third-order valence-corrected chi connectivity index (χ3v) is 5.26. The maximum absolute atomic E-state index is 12.8. The smallest absolute Gasteiger partial charge is 0.174 e. The topological polar surface area (TPSA) is 87.0 Å². The van der Waals surface area contributed by atoms with E-state index in [1.165, 1.54) is 29.3 Å². The number of aromatic hydroxyl groups is 3. The molecule has 158 valence electrons. The molecule has 0 bridgehead atoms. The highest BCUT2D eigenvalue weighted by atomic mass is 16.5. The number of carbonyl (C=O) groups is 1. The molecule has 0 saturated heterocycles. The third kappa shape index (κ3) is 4.85. The van der Waals surface area contributed by atoms with E-state index in [0.29, 0.717) is 12.0 Å². The number of allylic oxidation sites excluding steroid dienone is 4. The predicted molar refractivity (Wildman–Crippen MR) is 116 cm³/mol. The van der Waals surface area contributed by atoms with Crippen LogP contribution < -0.4 is 4.74 Å². The molecule has 5 heteroatoms. The van der Waals surface area contributed by atoms with Gasteiger partial charge in [0.2, 0.25) is 0 Å². The number of fused-ring (bicyclic) bond motifs is 1. The molecular weight excluding hydrogens is 380 g/mol. The number of rotatable bonds is 6. The summed E-state index contributed by atoms with van der Waals surface area (Å²) < 4.78 is 6.10. The van der Waals surface area contributed by atoms with Gasteiger partial charge in [-0.3, -0.25) is 4.79 Å². The second-order valence-electron chi connectivity index (χ2n) is 8.00. The fraction of sp³-hybridized carbons (Fsp3) is 0.320. The Morgan fingerprint density at radius 2 is 1.77 bits per heavy atom. The van der Waals surface area contributed by atoms with Crippen LogP contribution in [0.25, 0.3) is 0 Å². The van der Waals surface area contributed by atoms with E-state index in [4.69, 9.17) is 4.74 Å². The van der Waals surface area contributed by atoms with E-state index in [1.807, 2.05) is 13.0 Å². The number of Topliss-reactive ketones (excluding diaryl/α,β-unsaturated/α-hetero) is 1. The molecule has 0 aromatic heterocycles. The molecule has 0 saturated carbocycles. The van der Waals surface area contributed by atoms with Crippen molar-refractivity contribution in [3.63, 3.8) is 0 Å². The summed E-state index contributed by atoms with van der Waals surface area (Å²) in [6.45, 7) is 6.17. The fourth-order valence-corrected chi connectivity index (χ4v) is 3.57. The van der Waals surface area contributed by atoms with Crippen LogP contribution >= 0.6 is 0 Å². The van der Waals surface area contributed by atoms with Crippen LogP contribution in [0.4, 0.5) is 0 Å². The van der Waals surface area contributed by atoms with Crippen molar-refractivity contribution in [3.05, 3.63) is 70.3 Å². The van der Waals surface area contributed by atoms with E-state index in [-0.39, 0.29) is 40.8 Å². The summed E-state index contributed by atoms with van der Waals surface area (Å²) in [7, 11) is 0. The largest absolute Gasteiger partial charge is 0.508 e. The zero-order valence-corrected chi connectivity index (χ0v) is 17.6. The number of ether oxygens (including phenoxy) is 1. The maximum Gasteiger partial charge on any atom is 0.174 e. The van der Waals surface area contributed by atoms with Crippen LogP contribution in [0.2, 0.25) is 0 Å². The zero-order chi connectivity index (χ0) is 21.8. The molecule has 0 fully saturated rings. The van der Waals surface area contributed by atoms with Crippen molar-refractivity contribution in [3.8, 4) is 23.0 Å². The molecule has 0 spiro atoms. The SMILES string of the molecule is CC(C)=CCC/C(C)=C/Cc1c(O)cc(O)c2c1O[C@@H](c1ccc(O)cc1)CC2=O. The van der Waals surface area contributed by atoms with Gasteiger partial charge >= 0.3 is 0 Å². The number of benzene rings is 2. The Kier molecular flexibility index (Phi) is 6.50. The summed E-state index contributed by atoms with van der Waals surface area (Å²) >= 11 is 0. The van der Waals surface area contributed by atoms with Crippen molar-refractivity contribution in [2.75, 3.05) is 0 Å². The number of hydrogen-bond donors (Lipinski definition) is 3. The molecule has 3 rings (SSSR count). The Hall–Kier alpha value is -3.21. The molecule has 1 atom stereocenters. The lowest BCUT2D eigenvalue weighted by molar-refractivity contribution is 0.0842. The van der Waals surface area contributed by atoms with Crippen molar-refractivity contribution >= 4 is 5.78 Å². The predicted octanol–water partition coefficient (Wildman–Crippen LogP) is 5.75. The first-order chi connectivity index (χ1) is 14.3. The van der Waals surface area contributed by atoms with Crippen molar-refractivity contribution in [2.24, 2.45) is 0 Å². The Balaban J connectivity index is 1.91. The highest BCUT2D eigenvalue weighted by molar-refractivity contribution is 6.03. The van der Waals surface area contributed by atoms with Crippen molar-refractivity contribution in [1.29, 1.82) is 0 Å². The first-order valence-electron chi connectivity index (χ1n) is 10.1. The van der Waals surface area contributed by atoms with Gasteiger partial charge in [0.15, 0.2) is 5.78 Å². The lowest BCUT2D eigenvalue weighted by Gasteiger charge is -2.28. The number of hydrogen-bond acceptors (Lipinski definition) is 5. The Bertz CT molecular complexity index is 995. The van der Waals surface area contributed by atoms with Crippen LogP contribution in [-0.4, -0.2) is 21.1 Å². The molecule has 3 N–H and O–H groups in total. The second kappa shape index (κ2) is 9.08. The summed E-state index contributed by atoms with van der Waals surface area (Å²) in [5.41, 5.74) is 3.80. The Labute approximate surface area is 177 Å². The van der Waals surface area contributed by atoms with Gasteiger partial charge in [0.1, 0.15) is 34.7 Å². The molecule has 1 aliphatic heterocycles. The molecule has 2 aromatic rings. The van der Waals surface area contributed by atoms with E-state index < -0.39 is 6.10 Å². The standard InChI is InChI=1S/C25H28O5/c1-15(2)5-4-6-16(3)7-12-19-20(27)13-21(28)24-22(29)14-23(30-25(19)24)17-8-10-18(26)11-9-17/h5,7-11,13,23,26-28H,4,6,12,14H2,1-3H3/b16-7+/t23-/m1/s1. The number of phenolic OH excluding ortho intramolecular Hbond substituents is 3. The Morgan fingerprint density at radius 3 is 2.43 bits per heavy atom. The summed E-state index contributed by atoms with van der Waals surface area (Å²) in [5.74, 6) is -0.248. The van der Waals surface area contributed by atoms with Crippen LogP contribution in [0.3, 0.4) is 0 Å². The minimum absolute atomic E-state index is 0.0765. The quantitative estimate of drug-likeness (QED) is 0.530. The number of ketones is 1. The lowest BCUT2D eigenvalue weighted by Crippen LogP contribution is -2.21. The molecule has 5 nitrogen and oxygen atoms in total. The number of phenols is 3. The average Bonchev–Trinajstić information content (AvgIpc) is 2.67. The van der Waals surface area contributed by atoms with Crippen LogP contribution in [0.5, 0.6) is 23.0 Å². The molecule has 0 amide bonds. The normalized spacial score (nSPS) is 16.0. The maximum atomic E-state index is 12.8.